The van der Waals surface area contributed by atoms with Crippen LogP contribution >= 0.6 is 7.82 Å². The standard InChI is InChI=1S/C63H109N2O6P/c1-6-8-10-12-14-16-18-20-22-23-24-25-26-27-28-29-30-31-32-33-34-35-36-37-38-39-40-41-43-45-47-49-51-53-55-57-63(67)64-61(60-71-72(68,69)70-59-58-65(3,4)5)62(66)56-54-52-50-48-46-44-42-21-19-17-15-13-11-9-7-2/h8,10,14,16,19-22,24-25,27-28,30-31,33-34,46,48,54,56,61-62,66H,6-7,9,11-13,15,17-18,23,26,29,32,35-45,47,49-53,55,57-60H2,1-5H3,(H-,64,67,68,69)/p+1/b10-8-,16-14-,21-19+,22-20-,25-24-,28-27-,31-30-,34-33-,48-46+,56-54+. The number of unbranched alkanes of at least 4 members (excludes halogenated alkanes) is 20. The molecule has 8 nitrogen and oxygen atoms in total. The van der Waals surface area contributed by atoms with Crippen molar-refractivity contribution in [3.8, 4) is 0 Å². The Morgan fingerprint density at radius 3 is 1.28 bits per heavy atom. The average Bonchev–Trinajstić information content (AvgIpc) is 3.34. The Morgan fingerprint density at radius 1 is 0.486 bits per heavy atom. The second-order valence-electron chi connectivity index (χ2n) is 20.3. The summed E-state index contributed by atoms with van der Waals surface area (Å²) >= 11 is 0. The van der Waals surface area contributed by atoms with Gasteiger partial charge in [0.2, 0.25) is 5.91 Å². The molecule has 3 atom stereocenters. The van der Waals surface area contributed by atoms with E-state index in [1.807, 2.05) is 27.2 Å². The van der Waals surface area contributed by atoms with Crippen molar-refractivity contribution < 1.29 is 32.9 Å². The van der Waals surface area contributed by atoms with Crippen molar-refractivity contribution in [3.05, 3.63) is 122 Å². The Morgan fingerprint density at radius 2 is 0.847 bits per heavy atom. The number of nitrogens with one attached hydrogen (secondary N) is 1. The highest BCUT2D eigenvalue weighted by molar-refractivity contribution is 7.47. The van der Waals surface area contributed by atoms with E-state index in [1.54, 1.807) is 6.08 Å². The second kappa shape index (κ2) is 52.8. The number of aliphatic hydroxyl groups is 1. The third kappa shape index (κ3) is 54.7. The molecule has 0 aliphatic carbocycles. The van der Waals surface area contributed by atoms with Crippen molar-refractivity contribution in [3.63, 3.8) is 0 Å². The van der Waals surface area contributed by atoms with Crippen molar-refractivity contribution in [2.45, 2.75) is 231 Å². The molecule has 412 valence electrons. The van der Waals surface area contributed by atoms with Crippen LogP contribution in [0.4, 0.5) is 0 Å². The van der Waals surface area contributed by atoms with Crippen LogP contribution in [0.3, 0.4) is 0 Å². The molecule has 1 amide bonds. The SMILES string of the molecule is CC/C=C\C/C=C\C/C=C\C/C=C\C/C=C\C/C=C\C/C=C\CCCCCCCCCCCCCCCC(=O)NC(COP(=O)(O)OCC[N+](C)(C)C)C(O)/C=C/CC/C=C/CC/C=C/CCCCCCC. The Kier molecular flexibility index (Phi) is 50.5. The van der Waals surface area contributed by atoms with Gasteiger partial charge < -0.3 is 19.8 Å². The molecule has 0 heterocycles. The number of hydrogen-bond donors (Lipinski definition) is 3. The maximum Gasteiger partial charge on any atom is 0.472 e. The number of quaternary nitrogens is 1. The lowest BCUT2D eigenvalue weighted by Gasteiger charge is -2.25. The number of carbonyl (C=O) groups is 1. The summed E-state index contributed by atoms with van der Waals surface area (Å²) in [7, 11) is 1.53. The van der Waals surface area contributed by atoms with E-state index < -0.39 is 20.0 Å². The molecule has 9 heteroatoms. The fraction of sp³-hybridized carbons (Fsp3) is 0.667. The van der Waals surface area contributed by atoms with Crippen LogP contribution < -0.4 is 5.32 Å². The first kappa shape index (κ1) is 68.9. The van der Waals surface area contributed by atoms with Crippen LogP contribution in [0, 0.1) is 0 Å². The lowest BCUT2D eigenvalue weighted by atomic mass is 10.0. The summed E-state index contributed by atoms with van der Waals surface area (Å²) in [5.41, 5.74) is 0. The van der Waals surface area contributed by atoms with Crippen LogP contribution in [-0.2, 0) is 18.4 Å². The van der Waals surface area contributed by atoms with Gasteiger partial charge >= 0.3 is 7.82 Å². The molecule has 0 rings (SSSR count). The van der Waals surface area contributed by atoms with Crippen LogP contribution in [0.1, 0.15) is 219 Å². The van der Waals surface area contributed by atoms with Gasteiger partial charge in [0.05, 0.1) is 39.9 Å². The zero-order valence-corrected chi connectivity index (χ0v) is 47.8. The summed E-state index contributed by atoms with van der Waals surface area (Å²) in [6.07, 6.45) is 78.8. The maximum atomic E-state index is 13.0. The first-order valence-corrected chi connectivity index (χ1v) is 30.4. The molecular weight excluding hydrogens is 912 g/mol. The van der Waals surface area contributed by atoms with Crippen LogP contribution in [0.5, 0.6) is 0 Å². The Hall–Kier alpha value is -3.10. The van der Waals surface area contributed by atoms with Crippen LogP contribution in [0.25, 0.3) is 0 Å². The summed E-state index contributed by atoms with van der Waals surface area (Å²) in [6, 6.07) is -0.877. The number of rotatable bonds is 51. The number of hydrogen-bond acceptors (Lipinski definition) is 5. The summed E-state index contributed by atoms with van der Waals surface area (Å²) in [5, 5.41) is 13.9. The van der Waals surface area contributed by atoms with Gasteiger partial charge in [-0.2, -0.15) is 0 Å². The molecule has 0 aliphatic heterocycles. The molecular formula is C63H110N2O6P+. The van der Waals surface area contributed by atoms with Crippen molar-refractivity contribution in [1.29, 1.82) is 0 Å². The minimum atomic E-state index is -4.36. The molecule has 0 aliphatic rings. The number of carbonyl (C=O) groups excluding carboxylic acids is 1. The van der Waals surface area contributed by atoms with Crippen LogP contribution in [-0.4, -0.2) is 73.4 Å². The van der Waals surface area contributed by atoms with Gasteiger partial charge in [0.15, 0.2) is 0 Å². The van der Waals surface area contributed by atoms with Crippen molar-refractivity contribution >= 4 is 13.7 Å². The predicted octanol–water partition coefficient (Wildman–Crippen LogP) is 17.8. The molecule has 0 fully saturated rings. The van der Waals surface area contributed by atoms with E-state index in [-0.39, 0.29) is 19.1 Å². The number of phosphoric ester groups is 1. The zero-order valence-electron chi connectivity index (χ0n) is 46.9. The normalized spacial score (nSPS) is 14.8. The number of aliphatic hydroxyl groups excluding tert-OH is 1. The summed E-state index contributed by atoms with van der Waals surface area (Å²) in [5.74, 6) is -0.198. The molecule has 0 aromatic carbocycles. The van der Waals surface area contributed by atoms with Gasteiger partial charge in [-0.1, -0.05) is 232 Å². The van der Waals surface area contributed by atoms with Gasteiger partial charge in [0, 0.05) is 6.42 Å². The fourth-order valence-corrected chi connectivity index (χ4v) is 8.38. The molecule has 0 spiro atoms. The minimum absolute atomic E-state index is 0.0481. The highest BCUT2D eigenvalue weighted by atomic mass is 31.2. The third-order valence-electron chi connectivity index (χ3n) is 12.1. The Balaban J connectivity index is 4.15. The maximum absolute atomic E-state index is 13.0. The summed E-state index contributed by atoms with van der Waals surface area (Å²) < 4.78 is 23.6. The van der Waals surface area contributed by atoms with E-state index in [1.165, 1.54) is 109 Å². The minimum Gasteiger partial charge on any atom is -0.387 e. The first-order valence-electron chi connectivity index (χ1n) is 28.9. The molecule has 0 aromatic rings. The van der Waals surface area contributed by atoms with E-state index in [0.717, 1.165) is 89.9 Å². The molecule has 0 saturated heterocycles. The number of likely N-dealkylation sites (N-methyl/N-ethyl adjacent to an activating group) is 1. The van der Waals surface area contributed by atoms with E-state index in [9.17, 15) is 19.4 Å². The molecule has 0 radical (unpaired) electrons. The largest absolute Gasteiger partial charge is 0.472 e. The second-order valence-corrected chi connectivity index (χ2v) is 21.7. The quantitative estimate of drug-likeness (QED) is 0.0243. The highest BCUT2D eigenvalue weighted by Gasteiger charge is 2.27. The number of phosphoric acid groups is 1. The lowest BCUT2D eigenvalue weighted by Crippen LogP contribution is -2.45. The van der Waals surface area contributed by atoms with E-state index in [4.69, 9.17) is 9.05 Å². The van der Waals surface area contributed by atoms with E-state index >= 15 is 0 Å². The summed E-state index contributed by atoms with van der Waals surface area (Å²) in [4.78, 5) is 23.3. The number of allylic oxidation sites excluding steroid dienone is 19. The molecule has 3 N–H and O–H groups in total. The van der Waals surface area contributed by atoms with Gasteiger partial charge in [-0.3, -0.25) is 13.8 Å². The molecule has 3 unspecified atom stereocenters. The van der Waals surface area contributed by atoms with Crippen LogP contribution in [0.2, 0.25) is 0 Å². The Bertz CT molecular complexity index is 1580. The molecule has 72 heavy (non-hydrogen) atoms. The van der Waals surface area contributed by atoms with Crippen LogP contribution in [0.15, 0.2) is 122 Å². The van der Waals surface area contributed by atoms with Gasteiger partial charge in [-0.05, 0) is 103 Å². The van der Waals surface area contributed by atoms with Crippen molar-refractivity contribution in [1.82, 2.24) is 5.32 Å². The van der Waals surface area contributed by atoms with Crippen molar-refractivity contribution in [2.24, 2.45) is 0 Å². The fourth-order valence-electron chi connectivity index (χ4n) is 7.64. The number of nitrogens with zero attached hydrogens (tertiary/aromatic N) is 1. The summed E-state index contributed by atoms with van der Waals surface area (Å²) in [6.45, 7) is 4.64. The lowest BCUT2D eigenvalue weighted by molar-refractivity contribution is -0.870. The highest BCUT2D eigenvalue weighted by Crippen LogP contribution is 2.43. The predicted molar refractivity (Wildman–Crippen MR) is 313 cm³/mol. The van der Waals surface area contributed by atoms with Gasteiger partial charge in [-0.25, -0.2) is 4.57 Å². The smallest absolute Gasteiger partial charge is 0.387 e. The van der Waals surface area contributed by atoms with E-state index in [2.05, 4.69) is 129 Å². The third-order valence-corrected chi connectivity index (χ3v) is 13.1. The first-order chi connectivity index (χ1) is 35.0. The zero-order chi connectivity index (χ0) is 52.7. The number of amides is 1. The van der Waals surface area contributed by atoms with Gasteiger partial charge in [-0.15, -0.1) is 0 Å². The van der Waals surface area contributed by atoms with Gasteiger partial charge in [0.1, 0.15) is 13.2 Å². The van der Waals surface area contributed by atoms with Crippen molar-refractivity contribution in [2.75, 3.05) is 40.9 Å². The monoisotopic (exact) mass is 1020 g/mol. The molecule has 0 bridgehead atoms. The topological polar surface area (TPSA) is 105 Å². The van der Waals surface area contributed by atoms with E-state index in [0.29, 0.717) is 17.4 Å². The van der Waals surface area contributed by atoms with Gasteiger partial charge in [0.25, 0.3) is 0 Å². The Labute approximate surface area is 444 Å². The molecule has 0 aromatic heterocycles. The molecule has 0 saturated carbocycles. The average molecular weight is 1020 g/mol.